The molecule has 1 atom stereocenters. The second kappa shape index (κ2) is 27.9. The van der Waals surface area contributed by atoms with Gasteiger partial charge in [0, 0.05) is 25.5 Å². The molecule has 0 aliphatic carbocycles. The van der Waals surface area contributed by atoms with Gasteiger partial charge in [-0.3, -0.25) is 0 Å². The molecule has 0 aromatic heterocycles. The third-order valence-electron chi connectivity index (χ3n) is 8.82. The molecule has 0 N–H and O–H groups in total. The molecule has 0 fully saturated rings. The summed E-state index contributed by atoms with van der Waals surface area (Å²) >= 11 is 0. The van der Waals surface area contributed by atoms with Crippen LogP contribution in [0.25, 0.3) is 0 Å². The van der Waals surface area contributed by atoms with E-state index in [1.165, 1.54) is 193 Å². The van der Waals surface area contributed by atoms with Crippen LogP contribution in [-0.4, -0.2) is 29.1 Å². The van der Waals surface area contributed by atoms with Crippen LogP contribution in [0.4, 0.5) is 0 Å². The zero-order chi connectivity index (χ0) is 27.4. The first-order valence-corrected chi connectivity index (χ1v) is 18.0. The van der Waals surface area contributed by atoms with E-state index in [1.54, 1.807) is 0 Å². The van der Waals surface area contributed by atoms with Crippen LogP contribution in [-0.2, 0) is 0 Å². The van der Waals surface area contributed by atoms with E-state index in [9.17, 15) is 0 Å². The zero-order valence-corrected chi connectivity index (χ0v) is 26.8. The van der Waals surface area contributed by atoms with Crippen LogP contribution >= 0.6 is 0 Å². The van der Waals surface area contributed by atoms with Gasteiger partial charge in [-0.25, -0.2) is 0 Å². The molecule has 38 heavy (non-hydrogen) atoms. The standard InChI is InChI=1S/C36H72N2/c1-4-7-10-13-15-17-19-21-23-25-27-30-33-38-35-34-37(32-29-12-9-6-3)36(38)31-28-26-24-22-20-18-16-14-11-8-5-2/h34-36H,4-33H2,1-3H3. The smallest absolute Gasteiger partial charge is 0.101 e. The van der Waals surface area contributed by atoms with Gasteiger partial charge in [-0.15, -0.1) is 0 Å². The first-order chi connectivity index (χ1) is 18.8. The van der Waals surface area contributed by atoms with Crippen molar-refractivity contribution in [2.45, 2.75) is 207 Å². The minimum atomic E-state index is 0.642. The van der Waals surface area contributed by atoms with E-state index in [1.807, 2.05) is 0 Å². The number of hydrogen-bond donors (Lipinski definition) is 0. The summed E-state index contributed by atoms with van der Waals surface area (Å²) in [6.07, 6.45) is 45.5. The van der Waals surface area contributed by atoms with Crippen molar-refractivity contribution < 1.29 is 0 Å². The van der Waals surface area contributed by atoms with E-state index in [0.29, 0.717) is 6.17 Å². The van der Waals surface area contributed by atoms with E-state index in [-0.39, 0.29) is 0 Å². The fourth-order valence-corrected chi connectivity index (χ4v) is 6.19. The maximum atomic E-state index is 2.70. The second-order valence-corrected chi connectivity index (χ2v) is 12.5. The van der Waals surface area contributed by atoms with Crippen LogP contribution in [0.5, 0.6) is 0 Å². The first-order valence-electron chi connectivity index (χ1n) is 18.0. The van der Waals surface area contributed by atoms with Gasteiger partial charge in [0.15, 0.2) is 0 Å². The Morgan fingerprint density at radius 3 is 0.947 bits per heavy atom. The molecular formula is C36H72N2. The van der Waals surface area contributed by atoms with Gasteiger partial charge < -0.3 is 9.80 Å². The molecule has 1 unspecified atom stereocenters. The Kier molecular flexibility index (Phi) is 26.0. The minimum Gasteiger partial charge on any atom is -0.356 e. The number of unbranched alkanes of at least 4 members (excludes halogenated alkanes) is 24. The van der Waals surface area contributed by atoms with E-state index in [0.717, 1.165) is 0 Å². The molecule has 1 heterocycles. The predicted octanol–water partition coefficient (Wildman–Crippen LogP) is 12.4. The average molecular weight is 533 g/mol. The molecule has 226 valence electrons. The third kappa shape index (κ3) is 20.3. The van der Waals surface area contributed by atoms with Gasteiger partial charge in [-0.05, 0) is 25.7 Å². The summed E-state index contributed by atoms with van der Waals surface area (Å²) in [6.45, 7) is 9.47. The van der Waals surface area contributed by atoms with Crippen molar-refractivity contribution in [2.24, 2.45) is 0 Å². The van der Waals surface area contributed by atoms with Crippen molar-refractivity contribution in [3.05, 3.63) is 12.4 Å². The molecule has 1 aliphatic heterocycles. The minimum absolute atomic E-state index is 0.642. The van der Waals surface area contributed by atoms with Crippen LogP contribution < -0.4 is 0 Å². The summed E-state index contributed by atoms with van der Waals surface area (Å²) in [6, 6.07) is 0. The normalized spacial score (nSPS) is 15.3. The Labute approximate surface area is 241 Å². The molecule has 1 rings (SSSR count). The van der Waals surface area contributed by atoms with Gasteiger partial charge in [0.05, 0.1) is 0 Å². The summed E-state index contributed by atoms with van der Waals surface area (Å²) < 4.78 is 0. The van der Waals surface area contributed by atoms with Crippen LogP contribution in [0, 0.1) is 0 Å². The van der Waals surface area contributed by atoms with Crippen LogP contribution in [0.2, 0.25) is 0 Å². The fraction of sp³-hybridized carbons (Fsp3) is 0.944. The van der Waals surface area contributed by atoms with Gasteiger partial charge >= 0.3 is 0 Å². The van der Waals surface area contributed by atoms with Gasteiger partial charge in [-0.2, -0.15) is 0 Å². The largest absolute Gasteiger partial charge is 0.356 e. The zero-order valence-electron chi connectivity index (χ0n) is 26.8. The SMILES string of the molecule is CCCCCCCCCCCCCCN1C=CN(CCCCCC)C1CCCCCCCCCCCCC. The molecule has 0 saturated carbocycles. The fourth-order valence-electron chi connectivity index (χ4n) is 6.19. The van der Waals surface area contributed by atoms with Crippen molar-refractivity contribution in [3.8, 4) is 0 Å². The number of nitrogens with zero attached hydrogens (tertiary/aromatic N) is 2. The van der Waals surface area contributed by atoms with E-state index >= 15 is 0 Å². The topological polar surface area (TPSA) is 6.48 Å². The molecule has 0 aromatic rings. The second-order valence-electron chi connectivity index (χ2n) is 12.5. The molecule has 2 heteroatoms. The highest BCUT2D eigenvalue weighted by molar-refractivity contribution is 4.97. The van der Waals surface area contributed by atoms with Crippen molar-refractivity contribution in [1.29, 1.82) is 0 Å². The van der Waals surface area contributed by atoms with Gasteiger partial charge in [0.1, 0.15) is 6.17 Å². The lowest BCUT2D eigenvalue weighted by atomic mass is 10.0. The molecule has 1 aliphatic rings. The van der Waals surface area contributed by atoms with Gasteiger partial charge in [0.25, 0.3) is 0 Å². The molecule has 0 saturated heterocycles. The lowest BCUT2D eigenvalue weighted by Crippen LogP contribution is -2.39. The lowest BCUT2D eigenvalue weighted by molar-refractivity contribution is 0.135. The predicted molar refractivity (Wildman–Crippen MR) is 173 cm³/mol. The van der Waals surface area contributed by atoms with Crippen molar-refractivity contribution in [3.63, 3.8) is 0 Å². The highest BCUT2D eigenvalue weighted by Gasteiger charge is 2.24. The quantitative estimate of drug-likeness (QED) is 0.0848. The molecule has 0 spiro atoms. The number of hydrogen-bond acceptors (Lipinski definition) is 2. The van der Waals surface area contributed by atoms with E-state index < -0.39 is 0 Å². The Hall–Kier alpha value is -0.660. The molecule has 0 bridgehead atoms. The molecule has 0 aromatic carbocycles. The Morgan fingerprint density at radius 2 is 0.605 bits per heavy atom. The molecule has 2 nitrogen and oxygen atoms in total. The summed E-state index contributed by atoms with van der Waals surface area (Å²) in [7, 11) is 0. The highest BCUT2D eigenvalue weighted by Crippen LogP contribution is 2.24. The Balaban J connectivity index is 2.16. The average Bonchev–Trinajstić information content (AvgIpc) is 3.31. The summed E-state index contributed by atoms with van der Waals surface area (Å²) in [4.78, 5) is 5.39. The summed E-state index contributed by atoms with van der Waals surface area (Å²) in [5.74, 6) is 0. The van der Waals surface area contributed by atoms with E-state index in [4.69, 9.17) is 0 Å². The lowest BCUT2D eigenvalue weighted by Gasteiger charge is -2.33. The van der Waals surface area contributed by atoms with Crippen LogP contribution in [0.15, 0.2) is 12.4 Å². The monoisotopic (exact) mass is 533 g/mol. The summed E-state index contributed by atoms with van der Waals surface area (Å²) in [5.41, 5.74) is 0. The van der Waals surface area contributed by atoms with Crippen LogP contribution in [0.3, 0.4) is 0 Å². The van der Waals surface area contributed by atoms with Gasteiger partial charge in [0.2, 0.25) is 0 Å². The van der Waals surface area contributed by atoms with Crippen molar-refractivity contribution in [1.82, 2.24) is 9.80 Å². The molecule has 0 radical (unpaired) electrons. The molecule has 0 amide bonds. The third-order valence-corrected chi connectivity index (χ3v) is 8.82. The van der Waals surface area contributed by atoms with Crippen molar-refractivity contribution >= 4 is 0 Å². The Morgan fingerprint density at radius 1 is 0.342 bits per heavy atom. The van der Waals surface area contributed by atoms with Crippen LogP contribution in [0.1, 0.15) is 201 Å². The number of rotatable bonds is 30. The highest BCUT2D eigenvalue weighted by atomic mass is 15.4. The first kappa shape index (κ1) is 35.4. The molecular weight excluding hydrogens is 460 g/mol. The Bertz CT molecular complexity index is 488. The maximum absolute atomic E-state index is 2.70. The van der Waals surface area contributed by atoms with Crippen molar-refractivity contribution in [2.75, 3.05) is 13.1 Å². The maximum Gasteiger partial charge on any atom is 0.101 e. The summed E-state index contributed by atoms with van der Waals surface area (Å²) in [5, 5.41) is 0. The van der Waals surface area contributed by atoms with Gasteiger partial charge in [-0.1, -0.05) is 175 Å². The van der Waals surface area contributed by atoms with E-state index in [2.05, 4.69) is 43.0 Å².